The van der Waals surface area contributed by atoms with E-state index in [0.717, 1.165) is 31.4 Å². The van der Waals surface area contributed by atoms with Gasteiger partial charge in [-0.25, -0.2) is 9.37 Å². The zero-order valence-corrected chi connectivity index (χ0v) is 20.7. The number of rotatable bonds is 11. The molecule has 1 unspecified atom stereocenters. The molecule has 186 valence electrons. The molecule has 4 aromatic rings. The minimum absolute atomic E-state index is 0.164. The Bertz CT molecular complexity index is 1310. The minimum atomic E-state index is -0.354. The highest BCUT2D eigenvalue weighted by atomic mass is 19.1. The molecule has 0 saturated heterocycles. The van der Waals surface area contributed by atoms with Gasteiger partial charge in [0.25, 0.3) is 5.56 Å². The van der Waals surface area contributed by atoms with Crippen molar-refractivity contribution in [2.45, 2.75) is 32.2 Å². The lowest BCUT2D eigenvalue weighted by Crippen LogP contribution is -2.39. The highest BCUT2D eigenvalue weighted by Crippen LogP contribution is 2.28. The number of nitrogens with one attached hydrogen (secondary N) is 2. The van der Waals surface area contributed by atoms with Gasteiger partial charge in [-0.1, -0.05) is 55.8 Å². The second kappa shape index (κ2) is 12.2. The van der Waals surface area contributed by atoms with E-state index in [0.29, 0.717) is 29.3 Å². The zero-order chi connectivity index (χ0) is 25.3. The maximum absolute atomic E-state index is 13.6. The van der Waals surface area contributed by atoms with Crippen molar-refractivity contribution in [3.63, 3.8) is 0 Å². The number of hydrogen-bond acceptors (Lipinski definition) is 5. The molecule has 2 aromatic carbocycles. The van der Waals surface area contributed by atoms with E-state index >= 15 is 0 Å². The minimum Gasteiger partial charge on any atom is -0.354 e. The molecular formula is C29H32FN5O. The van der Waals surface area contributed by atoms with Crippen LogP contribution in [-0.4, -0.2) is 33.7 Å². The van der Waals surface area contributed by atoms with Gasteiger partial charge in [0.2, 0.25) is 5.95 Å². The summed E-state index contributed by atoms with van der Waals surface area (Å²) in [6.45, 7) is 3.70. The van der Waals surface area contributed by atoms with Crippen LogP contribution < -0.4 is 16.2 Å². The van der Waals surface area contributed by atoms with Crippen LogP contribution >= 0.6 is 0 Å². The van der Waals surface area contributed by atoms with Gasteiger partial charge in [-0.3, -0.25) is 14.3 Å². The van der Waals surface area contributed by atoms with Gasteiger partial charge >= 0.3 is 0 Å². The van der Waals surface area contributed by atoms with E-state index in [1.165, 1.54) is 22.3 Å². The summed E-state index contributed by atoms with van der Waals surface area (Å²) in [7, 11) is 1.71. The van der Waals surface area contributed by atoms with E-state index in [2.05, 4.69) is 34.7 Å². The van der Waals surface area contributed by atoms with E-state index in [1.54, 1.807) is 31.6 Å². The summed E-state index contributed by atoms with van der Waals surface area (Å²) in [6, 6.07) is 20.1. The molecule has 0 saturated carbocycles. The fraction of sp³-hybridized carbons (Fsp3) is 0.276. The first-order valence-electron chi connectivity index (χ1n) is 12.4. The molecule has 0 aliphatic heterocycles. The first kappa shape index (κ1) is 25.3. The molecule has 7 heteroatoms. The Morgan fingerprint density at radius 3 is 2.39 bits per heavy atom. The number of nitrogens with zero attached hydrogens (tertiary/aromatic N) is 3. The van der Waals surface area contributed by atoms with E-state index in [-0.39, 0.29) is 17.4 Å². The van der Waals surface area contributed by atoms with Gasteiger partial charge < -0.3 is 10.6 Å². The Morgan fingerprint density at radius 2 is 1.69 bits per heavy atom. The molecule has 0 aliphatic carbocycles. The first-order chi connectivity index (χ1) is 17.6. The van der Waals surface area contributed by atoms with Gasteiger partial charge in [0, 0.05) is 37.6 Å². The number of hydrogen-bond donors (Lipinski definition) is 2. The molecule has 4 rings (SSSR count). The molecule has 0 spiro atoms. The average Bonchev–Trinajstić information content (AvgIpc) is 2.91. The summed E-state index contributed by atoms with van der Waals surface area (Å²) in [4.78, 5) is 22.6. The molecule has 0 amide bonds. The zero-order valence-electron chi connectivity index (χ0n) is 20.7. The number of anilines is 1. The highest BCUT2D eigenvalue weighted by molar-refractivity contribution is 5.80. The van der Waals surface area contributed by atoms with Crippen LogP contribution in [0.2, 0.25) is 0 Å². The van der Waals surface area contributed by atoms with Crippen LogP contribution in [0.3, 0.4) is 0 Å². The standard InChI is InChI=1S/C29H32FN5O/c1-3-4-16-32-25(19-21-8-6-5-7-9-21)20-33-29-34-27(23-14-17-31-18-15-23)26(28(36)35(29)2)22-10-12-24(30)13-11-22/h5-15,17-18,25,32H,3-4,16,19-20H2,1-2H3,(H,33,34). The van der Waals surface area contributed by atoms with Crippen molar-refractivity contribution >= 4 is 5.95 Å². The Labute approximate surface area is 211 Å². The Morgan fingerprint density at radius 1 is 0.972 bits per heavy atom. The second-order valence-corrected chi connectivity index (χ2v) is 8.84. The van der Waals surface area contributed by atoms with Crippen LogP contribution in [-0.2, 0) is 13.5 Å². The molecule has 2 aromatic heterocycles. The molecule has 0 radical (unpaired) electrons. The summed E-state index contributed by atoms with van der Waals surface area (Å²) in [6.07, 6.45) is 6.42. The maximum Gasteiger partial charge on any atom is 0.263 e. The summed E-state index contributed by atoms with van der Waals surface area (Å²) >= 11 is 0. The van der Waals surface area contributed by atoms with Crippen molar-refractivity contribution in [3.8, 4) is 22.4 Å². The van der Waals surface area contributed by atoms with E-state index in [9.17, 15) is 9.18 Å². The van der Waals surface area contributed by atoms with Crippen LogP contribution in [0.1, 0.15) is 25.3 Å². The number of pyridine rings is 1. The average molecular weight is 486 g/mol. The number of benzene rings is 2. The van der Waals surface area contributed by atoms with E-state index in [1.807, 2.05) is 30.3 Å². The van der Waals surface area contributed by atoms with E-state index < -0.39 is 0 Å². The Hall–Kier alpha value is -3.84. The van der Waals surface area contributed by atoms with Crippen LogP contribution in [0.15, 0.2) is 83.9 Å². The Balaban J connectivity index is 1.67. The second-order valence-electron chi connectivity index (χ2n) is 8.84. The first-order valence-corrected chi connectivity index (χ1v) is 12.4. The topological polar surface area (TPSA) is 71.8 Å². The molecule has 0 fully saturated rings. The van der Waals surface area contributed by atoms with Crippen molar-refractivity contribution in [3.05, 3.63) is 101 Å². The van der Waals surface area contributed by atoms with Crippen LogP contribution in [0, 0.1) is 5.82 Å². The predicted molar refractivity (Wildman–Crippen MR) is 143 cm³/mol. The molecule has 2 heterocycles. The van der Waals surface area contributed by atoms with Gasteiger partial charge in [-0.05, 0) is 54.8 Å². The van der Waals surface area contributed by atoms with Crippen molar-refractivity contribution in [2.75, 3.05) is 18.4 Å². The smallest absolute Gasteiger partial charge is 0.263 e. The third-order valence-corrected chi connectivity index (χ3v) is 6.17. The van der Waals surface area contributed by atoms with Gasteiger partial charge in [-0.2, -0.15) is 0 Å². The van der Waals surface area contributed by atoms with Gasteiger partial charge in [0.15, 0.2) is 0 Å². The van der Waals surface area contributed by atoms with Crippen molar-refractivity contribution in [1.82, 2.24) is 19.9 Å². The number of halogens is 1. The number of unbranched alkanes of at least 4 members (excludes halogenated alkanes) is 1. The monoisotopic (exact) mass is 485 g/mol. The summed E-state index contributed by atoms with van der Waals surface area (Å²) in [5, 5.41) is 7.05. The molecule has 36 heavy (non-hydrogen) atoms. The molecule has 0 aliphatic rings. The lowest BCUT2D eigenvalue weighted by atomic mass is 10.0. The van der Waals surface area contributed by atoms with Crippen molar-refractivity contribution < 1.29 is 4.39 Å². The number of aromatic nitrogens is 3. The summed E-state index contributed by atoms with van der Waals surface area (Å²) in [5.41, 5.74) is 3.39. The molecule has 6 nitrogen and oxygen atoms in total. The normalized spacial score (nSPS) is 11.9. The molecule has 0 bridgehead atoms. The van der Waals surface area contributed by atoms with Gasteiger partial charge in [-0.15, -0.1) is 0 Å². The van der Waals surface area contributed by atoms with Crippen LogP contribution in [0.25, 0.3) is 22.4 Å². The molecular weight excluding hydrogens is 453 g/mol. The van der Waals surface area contributed by atoms with E-state index in [4.69, 9.17) is 4.98 Å². The van der Waals surface area contributed by atoms with Crippen molar-refractivity contribution in [2.24, 2.45) is 7.05 Å². The van der Waals surface area contributed by atoms with Crippen LogP contribution in [0.5, 0.6) is 0 Å². The third-order valence-electron chi connectivity index (χ3n) is 6.17. The summed E-state index contributed by atoms with van der Waals surface area (Å²) in [5.74, 6) is 0.125. The lowest BCUT2D eigenvalue weighted by Gasteiger charge is -2.21. The van der Waals surface area contributed by atoms with Crippen molar-refractivity contribution in [1.29, 1.82) is 0 Å². The molecule has 1 atom stereocenters. The third kappa shape index (κ3) is 6.23. The van der Waals surface area contributed by atoms with Gasteiger partial charge in [0.1, 0.15) is 5.82 Å². The fourth-order valence-electron chi connectivity index (χ4n) is 4.17. The van der Waals surface area contributed by atoms with Gasteiger partial charge in [0.05, 0.1) is 11.3 Å². The largest absolute Gasteiger partial charge is 0.354 e. The Kier molecular flexibility index (Phi) is 8.57. The van der Waals surface area contributed by atoms with Crippen LogP contribution in [0.4, 0.5) is 10.3 Å². The quantitative estimate of drug-likeness (QED) is 0.291. The fourth-order valence-corrected chi connectivity index (χ4v) is 4.17. The summed E-state index contributed by atoms with van der Waals surface area (Å²) < 4.78 is 15.1. The maximum atomic E-state index is 13.6. The predicted octanol–water partition coefficient (Wildman–Crippen LogP) is 5.06. The SMILES string of the molecule is CCCCNC(CNc1nc(-c2ccncc2)c(-c2ccc(F)cc2)c(=O)n1C)Cc1ccccc1. The molecule has 2 N–H and O–H groups in total. The highest BCUT2D eigenvalue weighted by Gasteiger charge is 2.19. The lowest BCUT2D eigenvalue weighted by molar-refractivity contribution is 0.513.